The predicted octanol–water partition coefficient (Wildman–Crippen LogP) is 1.37. The van der Waals surface area contributed by atoms with Crippen LogP contribution in [0.3, 0.4) is 0 Å². The number of benzene rings is 1. The molecule has 0 aliphatic carbocycles. The molecule has 118 valence electrons. The van der Waals surface area contributed by atoms with E-state index in [1.165, 1.54) is 4.90 Å². The number of amides is 3. The molecule has 1 aromatic carbocycles. The Morgan fingerprint density at radius 3 is 2.64 bits per heavy atom. The van der Waals surface area contributed by atoms with Crippen LogP contribution >= 0.6 is 0 Å². The summed E-state index contributed by atoms with van der Waals surface area (Å²) >= 11 is 0. The molecule has 0 aromatic heterocycles. The highest BCUT2D eigenvalue weighted by Gasteiger charge is 2.39. The Hall–Kier alpha value is -2.28. The van der Waals surface area contributed by atoms with Gasteiger partial charge in [-0.2, -0.15) is 0 Å². The SMILES string of the molecule is O=C(NO)C1COc2ccccc2N1C(=O)N1CCCCC1. The van der Waals surface area contributed by atoms with Crippen molar-refractivity contribution in [2.45, 2.75) is 25.3 Å². The Morgan fingerprint density at radius 1 is 1.18 bits per heavy atom. The van der Waals surface area contributed by atoms with Crippen molar-refractivity contribution in [1.82, 2.24) is 10.4 Å². The van der Waals surface area contributed by atoms with E-state index < -0.39 is 11.9 Å². The lowest BCUT2D eigenvalue weighted by molar-refractivity contribution is -0.131. The van der Waals surface area contributed by atoms with E-state index in [0.29, 0.717) is 24.5 Å². The number of rotatable bonds is 1. The molecule has 2 N–H and O–H groups in total. The third kappa shape index (κ3) is 2.59. The Morgan fingerprint density at radius 2 is 1.91 bits per heavy atom. The second-order valence-electron chi connectivity index (χ2n) is 5.47. The van der Waals surface area contributed by atoms with E-state index in [2.05, 4.69) is 0 Å². The van der Waals surface area contributed by atoms with E-state index in [-0.39, 0.29) is 12.6 Å². The zero-order valence-corrected chi connectivity index (χ0v) is 12.2. The minimum absolute atomic E-state index is 0.0169. The Kier molecular flexibility index (Phi) is 4.15. The maximum Gasteiger partial charge on any atom is 0.325 e. The number of nitrogens with one attached hydrogen (secondary N) is 1. The molecule has 2 aliphatic rings. The molecule has 1 aromatic rings. The van der Waals surface area contributed by atoms with Gasteiger partial charge in [-0.25, -0.2) is 10.3 Å². The number of ether oxygens (including phenoxy) is 1. The van der Waals surface area contributed by atoms with Crippen molar-refractivity contribution < 1.29 is 19.5 Å². The van der Waals surface area contributed by atoms with E-state index in [1.54, 1.807) is 28.6 Å². The van der Waals surface area contributed by atoms with E-state index in [0.717, 1.165) is 19.3 Å². The van der Waals surface area contributed by atoms with Gasteiger partial charge >= 0.3 is 6.03 Å². The van der Waals surface area contributed by atoms with Crippen molar-refractivity contribution in [3.63, 3.8) is 0 Å². The first-order valence-electron chi connectivity index (χ1n) is 7.46. The molecule has 0 spiro atoms. The van der Waals surface area contributed by atoms with Crippen molar-refractivity contribution in [2.75, 3.05) is 24.6 Å². The third-order valence-electron chi connectivity index (χ3n) is 4.08. The number of para-hydroxylation sites is 2. The summed E-state index contributed by atoms with van der Waals surface area (Å²) in [6, 6.07) is 6.01. The molecule has 1 saturated heterocycles. The Bertz CT molecular complexity index is 572. The van der Waals surface area contributed by atoms with Crippen molar-refractivity contribution in [3.05, 3.63) is 24.3 Å². The zero-order valence-electron chi connectivity index (χ0n) is 12.2. The number of likely N-dealkylation sites (tertiary alicyclic amines) is 1. The van der Waals surface area contributed by atoms with Crippen LogP contribution in [0.25, 0.3) is 0 Å². The van der Waals surface area contributed by atoms with Gasteiger partial charge in [0.05, 0.1) is 5.69 Å². The zero-order chi connectivity index (χ0) is 15.5. The van der Waals surface area contributed by atoms with E-state index in [1.807, 2.05) is 6.07 Å². The molecule has 1 unspecified atom stereocenters. The lowest BCUT2D eigenvalue weighted by Crippen LogP contribution is -2.58. The molecule has 0 radical (unpaired) electrons. The molecular weight excluding hydrogens is 286 g/mol. The summed E-state index contributed by atoms with van der Waals surface area (Å²) in [5, 5.41) is 8.94. The largest absolute Gasteiger partial charge is 0.489 e. The first-order chi connectivity index (χ1) is 10.7. The molecule has 7 nitrogen and oxygen atoms in total. The van der Waals surface area contributed by atoms with Crippen LogP contribution in [0.2, 0.25) is 0 Å². The molecule has 2 aliphatic heterocycles. The maximum atomic E-state index is 12.9. The fourth-order valence-electron chi connectivity index (χ4n) is 2.93. The number of hydroxylamine groups is 1. The summed E-state index contributed by atoms with van der Waals surface area (Å²) in [6.07, 6.45) is 3.05. The number of hydrogen-bond donors (Lipinski definition) is 2. The monoisotopic (exact) mass is 305 g/mol. The lowest BCUT2D eigenvalue weighted by Gasteiger charge is -2.39. The lowest BCUT2D eigenvalue weighted by atomic mass is 10.1. The van der Waals surface area contributed by atoms with Crippen LogP contribution in [0.1, 0.15) is 19.3 Å². The summed E-state index contributed by atoms with van der Waals surface area (Å²) in [6.45, 7) is 1.39. The third-order valence-corrected chi connectivity index (χ3v) is 4.08. The minimum atomic E-state index is -0.880. The van der Waals surface area contributed by atoms with Gasteiger partial charge in [0.25, 0.3) is 5.91 Å². The fraction of sp³-hybridized carbons (Fsp3) is 0.467. The maximum absolute atomic E-state index is 12.9. The molecule has 1 atom stereocenters. The molecule has 0 saturated carbocycles. The van der Waals surface area contributed by atoms with Crippen molar-refractivity contribution in [1.29, 1.82) is 0 Å². The second-order valence-corrected chi connectivity index (χ2v) is 5.47. The van der Waals surface area contributed by atoms with Crippen molar-refractivity contribution >= 4 is 17.6 Å². The Labute approximate surface area is 128 Å². The van der Waals surface area contributed by atoms with Gasteiger partial charge in [0.2, 0.25) is 0 Å². The van der Waals surface area contributed by atoms with Crippen LogP contribution in [0.5, 0.6) is 5.75 Å². The number of carbonyl (C=O) groups is 2. The number of nitrogens with zero attached hydrogens (tertiary/aromatic N) is 2. The highest BCUT2D eigenvalue weighted by molar-refractivity contribution is 6.01. The summed E-state index contributed by atoms with van der Waals surface area (Å²) in [5.74, 6) is -0.0882. The van der Waals surface area contributed by atoms with Crippen molar-refractivity contribution in [3.8, 4) is 5.75 Å². The average molecular weight is 305 g/mol. The summed E-state index contributed by atoms with van der Waals surface area (Å²) < 4.78 is 5.54. The number of piperidine rings is 1. The number of anilines is 1. The molecule has 7 heteroatoms. The van der Waals surface area contributed by atoms with Crippen LogP contribution in [-0.2, 0) is 4.79 Å². The molecule has 3 rings (SSSR count). The topological polar surface area (TPSA) is 82.1 Å². The molecular formula is C15H19N3O4. The molecule has 0 bridgehead atoms. The normalized spacial score (nSPS) is 20.9. The molecule has 1 fully saturated rings. The number of hydrogen-bond acceptors (Lipinski definition) is 4. The molecule has 2 heterocycles. The van der Waals surface area contributed by atoms with Gasteiger partial charge in [-0.3, -0.25) is 14.9 Å². The van der Waals surface area contributed by atoms with Crippen LogP contribution < -0.4 is 15.1 Å². The number of carbonyl (C=O) groups excluding carboxylic acids is 2. The van der Waals surface area contributed by atoms with E-state index in [9.17, 15) is 9.59 Å². The van der Waals surface area contributed by atoms with Gasteiger partial charge in [0, 0.05) is 13.1 Å². The summed E-state index contributed by atoms with van der Waals surface area (Å²) in [4.78, 5) is 28.0. The highest BCUT2D eigenvalue weighted by Crippen LogP contribution is 2.34. The standard InChI is InChI=1S/C15H19N3O4/c19-14(16-21)12-10-22-13-7-3-2-6-11(13)18(12)15(20)17-8-4-1-5-9-17/h2-3,6-7,12,21H,1,4-5,8-10H2,(H,16,19). The minimum Gasteiger partial charge on any atom is -0.489 e. The van der Waals surface area contributed by atoms with Gasteiger partial charge < -0.3 is 9.64 Å². The van der Waals surface area contributed by atoms with E-state index in [4.69, 9.17) is 9.94 Å². The predicted molar refractivity (Wildman–Crippen MR) is 79.0 cm³/mol. The van der Waals surface area contributed by atoms with Crippen LogP contribution in [0.15, 0.2) is 24.3 Å². The summed E-state index contributed by atoms with van der Waals surface area (Å²) in [5.41, 5.74) is 2.18. The smallest absolute Gasteiger partial charge is 0.325 e. The van der Waals surface area contributed by atoms with Gasteiger partial charge in [-0.05, 0) is 31.4 Å². The number of fused-ring (bicyclic) bond motifs is 1. The molecule has 22 heavy (non-hydrogen) atoms. The first kappa shape index (κ1) is 14.6. The van der Waals surface area contributed by atoms with Gasteiger partial charge in [0.15, 0.2) is 6.04 Å². The van der Waals surface area contributed by atoms with E-state index >= 15 is 0 Å². The fourth-order valence-corrected chi connectivity index (χ4v) is 2.93. The van der Waals surface area contributed by atoms with Crippen molar-refractivity contribution in [2.24, 2.45) is 0 Å². The summed E-state index contributed by atoms with van der Waals surface area (Å²) in [7, 11) is 0. The Balaban J connectivity index is 1.94. The van der Waals surface area contributed by atoms with Crippen LogP contribution in [0.4, 0.5) is 10.5 Å². The molecule has 3 amide bonds. The van der Waals surface area contributed by atoms with Crippen LogP contribution in [-0.4, -0.2) is 47.8 Å². The van der Waals surface area contributed by atoms with Gasteiger partial charge in [-0.1, -0.05) is 12.1 Å². The number of urea groups is 1. The van der Waals surface area contributed by atoms with Gasteiger partial charge in [-0.15, -0.1) is 0 Å². The quantitative estimate of drug-likeness (QED) is 0.606. The van der Waals surface area contributed by atoms with Crippen LogP contribution in [0, 0.1) is 0 Å². The first-order valence-corrected chi connectivity index (χ1v) is 7.46. The second kappa shape index (κ2) is 6.23. The highest BCUT2D eigenvalue weighted by atomic mass is 16.5. The average Bonchev–Trinajstić information content (AvgIpc) is 2.60. The van der Waals surface area contributed by atoms with Gasteiger partial charge in [0.1, 0.15) is 12.4 Å².